The Hall–Kier alpha value is -3.41. The number of ketones is 2. The molecule has 47 heavy (non-hydrogen) atoms. The van der Waals surface area contributed by atoms with Crippen LogP contribution in [0.3, 0.4) is 0 Å². The first kappa shape index (κ1) is 34.9. The van der Waals surface area contributed by atoms with Crippen molar-refractivity contribution in [3.8, 4) is 0 Å². The number of carbonyl (C=O) groups is 2. The van der Waals surface area contributed by atoms with Gasteiger partial charge in [0.25, 0.3) is 0 Å². The third-order valence-electron chi connectivity index (χ3n) is 9.47. The van der Waals surface area contributed by atoms with Crippen molar-refractivity contribution in [3.05, 3.63) is 144 Å². The third kappa shape index (κ3) is 7.52. The van der Waals surface area contributed by atoms with E-state index in [2.05, 4.69) is 96.0 Å². The first-order valence-corrected chi connectivity index (χ1v) is 18.9. The largest absolute Gasteiger partial charge is 1.00 e. The van der Waals surface area contributed by atoms with Gasteiger partial charge in [-0.2, -0.15) is 0 Å². The molecule has 1 heterocycles. The molecular weight excluding hydrogens is 710 g/mol. The fraction of sp³-hybridized carbons (Fsp3) is 0.293. The molecule has 0 saturated heterocycles. The van der Waals surface area contributed by atoms with Crippen molar-refractivity contribution in [1.29, 1.82) is 0 Å². The van der Waals surface area contributed by atoms with Crippen LogP contribution in [-0.4, -0.2) is 27.3 Å². The summed E-state index contributed by atoms with van der Waals surface area (Å²) in [5.41, 5.74) is 1.75. The van der Waals surface area contributed by atoms with Gasteiger partial charge in [-0.15, -0.1) is 0 Å². The van der Waals surface area contributed by atoms with Crippen molar-refractivity contribution in [2.75, 3.05) is 6.16 Å². The van der Waals surface area contributed by atoms with Crippen LogP contribution in [-0.2, 0) is 6.54 Å². The molecule has 5 aromatic rings. The number of hydrogen-bond acceptors (Lipinski definition) is 3. The second-order valence-electron chi connectivity index (χ2n) is 12.4. The van der Waals surface area contributed by atoms with Crippen molar-refractivity contribution in [1.82, 2.24) is 9.55 Å². The zero-order valence-corrected chi connectivity index (χ0v) is 30.3. The maximum Gasteiger partial charge on any atom is 0.214 e. The Morgan fingerprint density at radius 3 is 1.43 bits per heavy atom. The molecule has 0 bridgehead atoms. The molecule has 0 aliphatic heterocycles. The van der Waals surface area contributed by atoms with Crippen molar-refractivity contribution < 1.29 is 33.6 Å². The number of benzene rings is 4. The van der Waals surface area contributed by atoms with Crippen LogP contribution >= 0.6 is 7.26 Å². The van der Waals surface area contributed by atoms with Crippen LogP contribution in [0.15, 0.2) is 115 Å². The van der Waals surface area contributed by atoms with Crippen LogP contribution in [0, 0.1) is 6.92 Å². The third-order valence-corrected chi connectivity index (χ3v) is 14.0. The highest BCUT2D eigenvalue weighted by Gasteiger charge is 2.44. The Labute approximate surface area is 297 Å². The predicted molar refractivity (Wildman–Crippen MR) is 192 cm³/mol. The Balaban J connectivity index is 0.00000433. The number of halogens is 1. The first-order chi connectivity index (χ1) is 22.6. The summed E-state index contributed by atoms with van der Waals surface area (Å²) in [5.74, 6) is 0.527. The second kappa shape index (κ2) is 16.6. The number of fused-ring (bicyclic) bond motifs is 2. The number of rotatable bonds is 15. The smallest absolute Gasteiger partial charge is 0.214 e. The summed E-state index contributed by atoms with van der Waals surface area (Å²) in [6.45, 7) is 2.62. The Morgan fingerprint density at radius 2 is 0.936 bits per heavy atom. The molecule has 6 heteroatoms. The number of aryl methyl sites for hydroxylation is 1. The van der Waals surface area contributed by atoms with Crippen LogP contribution < -0.4 is 39.9 Å². The minimum absolute atomic E-state index is 0. The first-order valence-electron chi connectivity index (χ1n) is 16.9. The van der Waals surface area contributed by atoms with Crippen molar-refractivity contribution >= 4 is 34.7 Å². The molecule has 0 radical (unpaired) electrons. The molecule has 4 nitrogen and oxygen atoms in total. The van der Waals surface area contributed by atoms with Gasteiger partial charge in [-0.3, -0.25) is 9.59 Å². The van der Waals surface area contributed by atoms with Crippen molar-refractivity contribution in [2.24, 2.45) is 0 Å². The molecule has 0 atom stereocenters. The van der Waals surface area contributed by atoms with Crippen molar-refractivity contribution in [3.63, 3.8) is 0 Å². The summed E-state index contributed by atoms with van der Waals surface area (Å²) < 4.78 is 1.97. The topological polar surface area (TPSA) is 52.0 Å². The van der Waals surface area contributed by atoms with E-state index in [1.54, 1.807) is 18.2 Å². The lowest BCUT2D eigenvalue weighted by Crippen LogP contribution is -3.00. The summed E-state index contributed by atoms with van der Waals surface area (Å²) in [7, 11) is -1.73. The normalized spacial score (nSPS) is 12.4. The van der Waals surface area contributed by atoms with E-state index in [1.807, 2.05) is 17.6 Å². The van der Waals surface area contributed by atoms with E-state index in [0.717, 1.165) is 25.2 Å². The lowest BCUT2D eigenvalue weighted by Gasteiger charge is -2.27. The average Bonchev–Trinajstić information content (AvgIpc) is 3.45. The average molecular weight is 755 g/mol. The molecular formula is C41H44IN2O2P. The highest BCUT2D eigenvalue weighted by molar-refractivity contribution is 7.95. The molecule has 0 unspecified atom stereocenters. The van der Waals surface area contributed by atoms with Gasteiger partial charge in [-0.05, 0) is 62.6 Å². The fourth-order valence-corrected chi connectivity index (χ4v) is 11.5. The van der Waals surface area contributed by atoms with Gasteiger partial charge in [0.2, 0.25) is 11.6 Å². The molecule has 1 aromatic heterocycles. The zero-order chi connectivity index (χ0) is 31.8. The van der Waals surface area contributed by atoms with E-state index in [0.29, 0.717) is 22.5 Å². The van der Waals surface area contributed by atoms with Gasteiger partial charge in [0.1, 0.15) is 40.4 Å². The van der Waals surface area contributed by atoms with Crippen LogP contribution in [0.2, 0.25) is 0 Å². The maximum atomic E-state index is 13.2. The highest BCUT2D eigenvalue weighted by Crippen LogP contribution is 2.56. The minimum atomic E-state index is -1.73. The monoisotopic (exact) mass is 754 g/mol. The Bertz CT molecular complexity index is 1670. The lowest BCUT2D eigenvalue weighted by molar-refractivity contribution is -0.0000230. The zero-order valence-electron chi connectivity index (χ0n) is 27.3. The van der Waals surface area contributed by atoms with Gasteiger partial charge in [0, 0.05) is 17.7 Å². The number of aromatic nitrogens is 2. The van der Waals surface area contributed by atoms with Gasteiger partial charge in [0.05, 0.1) is 6.16 Å². The summed E-state index contributed by atoms with van der Waals surface area (Å²) in [6, 6.07) is 40.7. The SMILES string of the molecule is Cc1nc2c(n1CCCCCCCCCCC[P+](c1ccccc1)(c1ccccc1)c1ccccc1)C(=O)c1ccccc1C2=O.[I-]. The summed E-state index contributed by atoms with van der Waals surface area (Å²) >= 11 is 0. The van der Waals surface area contributed by atoms with Gasteiger partial charge in [0.15, 0.2) is 0 Å². The number of hydrogen-bond donors (Lipinski definition) is 0. The van der Waals surface area contributed by atoms with Crippen LogP contribution in [0.5, 0.6) is 0 Å². The quantitative estimate of drug-likeness (QED) is 0.0794. The highest BCUT2D eigenvalue weighted by atomic mass is 127. The van der Waals surface area contributed by atoms with Crippen LogP contribution in [0.25, 0.3) is 0 Å². The molecule has 1 aliphatic carbocycles. The van der Waals surface area contributed by atoms with E-state index in [1.165, 1.54) is 67.0 Å². The maximum absolute atomic E-state index is 13.2. The molecule has 0 fully saturated rings. The molecule has 242 valence electrons. The minimum Gasteiger partial charge on any atom is -1.00 e. The van der Waals surface area contributed by atoms with E-state index in [-0.39, 0.29) is 35.5 Å². The summed E-state index contributed by atoms with van der Waals surface area (Å²) in [6.07, 6.45) is 12.0. The van der Waals surface area contributed by atoms with Crippen LogP contribution in [0.4, 0.5) is 0 Å². The van der Waals surface area contributed by atoms with E-state index < -0.39 is 7.26 Å². The second-order valence-corrected chi connectivity index (χ2v) is 16.0. The summed E-state index contributed by atoms with van der Waals surface area (Å²) in [4.78, 5) is 30.7. The van der Waals surface area contributed by atoms with Crippen LogP contribution in [0.1, 0.15) is 95.7 Å². The van der Waals surface area contributed by atoms with Gasteiger partial charge < -0.3 is 28.5 Å². The number of carbonyl (C=O) groups excluding carboxylic acids is 2. The van der Waals surface area contributed by atoms with Crippen molar-refractivity contribution in [2.45, 2.75) is 71.3 Å². The lowest BCUT2D eigenvalue weighted by atomic mass is 9.90. The molecule has 0 spiro atoms. The van der Waals surface area contributed by atoms with Gasteiger partial charge in [-0.1, -0.05) is 117 Å². The molecule has 0 amide bonds. The molecule has 0 saturated carbocycles. The number of imidazole rings is 1. The van der Waals surface area contributed by atoms with Gasteiger partial charge >= 0.3 is 0 Å². The van der Waals surface area contributed by atoms with Gasteiger partial charge in [-0.25, -0.2) is 4.98 Å². The molecule has 6 rings (SSSR count). The number of unbranched alkanes of at least 4 members (excludes halogenated alkanes) is 8. The molecule has 1 aliphatic rings. The number of nitrogens with zero attached hydrogens (tertiary/aromatic N) is 2. The predicted octanol–water partition coefficient (Wildman–Crippen LogP) is 5.48. The standard InChI is InChI=1S/C41H44N2O2P.HI/c1-32-42-38-39(41(45)37-29-19-18-28-36(37)40(38)44)43(32)30-20-7-5-3-2-4-6-8-21-31-46(33-22-12-9-13-23-33,34-24-14-10-15-25-34)35-26-16-11-17-27-35;/h9-19,22-29H,2-8,20-21,30-31H2,1H3;1H/q+1;/p-1. The molecule has 4 aromatic carbocycles. The Kier molecular flexibility index (Phi) is 12.3. The summed E-state index contributed by atoms with van der Waals surface area (Å²) in [5, 5.41) is 4.42. The Morgan fingerprint density at radius 1 is 0.532 bits per heavy atom. The van der Waals surface area contributed by atoms with E-state index in [9.17, 15) is 9.59 Å². The fourth-order valence-electron chi connectivity index (χ4n) is 7.10. The van der Waals surface area contributed by atoms with E-state index >= 15 is 0 Å². The molecule has 0 N–H and O–H groups in total. The van der Waals surface area contributed by atoms with E-state index in [4.69, 9.17) is 0 Å².